The van der Waals surface area contributed by atoms with E-state index in [4.69, 9.17) is 14.6 Å². The van der Waals surface area contributed by atoms with Gasteiger partial charge in [0.05, 0.1) is 6.61 Å². The first-order valence-electron chi connectivity index (χ1n) is 7.27. The van der Waals surface area contributed by atoms with Crippen molar-refractivity contribution in [2.75, 3.05) is 6.61 Å². The molecule has 2 aliphatic rings. The highest BCUT2D eigenvalue weighted by molar-refractivity contribution is 5.65. The molecule has 2 N–H and O–H groups in total. The Kier molecular flexibility index (Phi) is 3.87. The minimum Gasteiger partial charge on any atom is -0.490 e. The van der Waals surface area contributed by atoms with Gasteiger partial charge in [0, 0.05) is 25.3 Å². The summed E-state index contributed by atoms with van der Waals surface area (Å²) in [5.41, 5.74) is -2.20. The maximum atomic E-state index is 13.3. The lowest BCUT2D eigenvalue weighted by molar-refractivity contribution is -0.333. The predicted octanol–water partition coefficient (Wildman–Crippen LogP) is 3.04. The lowest BCUT2D eigenvalue weighted by atomic mass is 9.85. The van der Waals surface area contributed by atoms with Crippen LogP contribution in [-0.2, 0) is 10.3 Å². The molecular weight excluding hydrogens is 315 g/mol. The van der Waals surface area contributed by atoms with Crippen LogP contribution in [0.2, 0.25) is 0 Å². The van der Waals surface area contributed by atoms with E-state index in [1.54, 1.807) is 6.07 Å². The van der Waals surface area contributed by atoms with E-state index in [0.29, 0.717) is 18.6 Å². The number of ether oxygens (including phenoxy) is 2. The molecular formula is C15H16F3NO4. The second kappa shape index (κ2) is 5.59. The van der Waals surface area contributed by atoms with Gasteiger partial charge in [0.2, 0.25) is 0 Å². The van der Waals surface area contributed by atoms with Crippen LogP contribution < -0.4 is 10.1 Å². The van der Waals surface area contributed by atoms with Crippen molar-refractivity contribution in [1.29, 1.82) is 0 Å². The first kappa shape index (κ1) is 15.9. The Morgan fingerprint density at radius 2 is 2.09 bits per heavy atom. The summed E-state index contributed by atoms with van der Waals surface area (Å²) in [6.45, 7) is 0.0791. The Hall–Kier alpha value is -1.96. The summed E-state index contributed by atoms with van der Waals surface area (Å²) in [5, 5.41) is 10.9. The second-order valence-corrected chi connectivity index (χ2v) is 5.81. The van der Waals surface area contributed by atoms with E-state index < -0.39 is 17.9 Å². The Labute approximate surface area is 130 Å². The summed E-state index contributed by atoms with van der Waals surface area (Å²) < 4.78 is 50.3. The van der Waals surface area contributed by atoms with Crippen molar-refractivity contribution in [1.82, 2.24) is 5.32 Å². The Morgan fingerprint density at radius 1 is 1.39 bits per heavy atom. The number of alkyl halides is 3. The molecule has 1 saturated heterocycles. The van der Waals surface area contributed by atoms with Gasteiger partial charge < -0.3 is 19.9 Å². The van der Waals surface area contributed by atoms with E-state index in [0.717, 1.165) is 0 Å². The molecule has 3 rings (SSSR count). The van der Waals surface area contributed by atoms with E-state index in [1.165, 1.54) is 18.2 Å². The fourth-order valence-electron chi connectivity index (χ4n) is 2.89. The Balaban J connectivity index is 1.66. The average molecular weight is 331 g/mol. The number of hydrogen-bond acceptors (Lipinski definition) is 3. The molecule has 23 heavy (non-hydrogen) atoms. The summed E-state index contributed by atoms with van der Waals surface area (Å²) in [6.07, 6.45) is -4.88. The zero-order valence-electron chi connectivity index (χ0n) is 12.1. The number of benzene rings is 1. The molecule has 1 atom stereocenters. The molecule has 1 heterocycles. The van der Waals surface area contributed by atoms with Crippen LogP contribution in [0.4, 0.5) is 18.0 Å². The molecule has 1 aliphatic heterocycles. The molecule has 0 bridgehead atoms. The van der Waals surface area contributed by atoms with Crippen LogP contribution in [-0.4, -0.2) is 36.1 Å². The van der Waals surface area contributed by atoms with Gasteiger partial charge >= 0.3 is 12.3 Å². The van der Waals surface area contributed by atoms with Crippen molar-refractivity contribution in [2.45, 2.75) is 43.2 Å². The number of carbonyl (C=O) groups is 1. The zero-order valence-corrected chi connectivity index (χ0v) is 12.1. The van der Waals surface area contributed by atoms with Crippen molar-refractivity contribution in [3.63, 3.8) is 0 Å². The van der Waals surface area contributed by atoms with E-state index >= 15 is 0 Å². The van der Waals surface area contributed by atoms with E-state index in [9.17, 15) is 18.0 Å². The Bertz CT molecular complexity index is 595. The monoisotopic (exact) mass is 331 g/mol. The normalized spacial score (nSPS) is 30.0. The lowest BCUT2D eigenvalue weighted by Gasteiger charge is -2.43. The fourth-order valence-corrected chi connectivity index (χ4v) is 2.89. The zero-order chi connectivity index (χ0) is 16.7. The number of hydrogen-bond donors (Lipinski definition) is 2. The third kappa shape index (κ3) is 2.95. The molecule has 1 aromatic carbocycles. The van der Waals surface area contributed by atoms with Gasteiger partial charge in [-0.25, -0.2) is 4.79 Å². The third-order valence-corrected chi connectivity index (χ3v) is 4.29. The predicted molar refractivity (Wildman–Crippen MR) is 73.3 cm³/mol. The van der Waals surface area contributed by atoms with Gasteiger partial charge in [-0.15, -0.1) is 0 Å². The van der Waals surface area contributed by atoms with Crippen molar-refractivity contribution in [2.24, 2.45) is 0 Å². The molecule has 0 spiro atoms. The molecule has 0 radical (unpaired) electrons. The Morgan fingerprint density at radius 3 is 2.61 bits per heavy atom. The van der Waals surface area contributed by atoms with Gasteiger partial charge in [-0.2, -0.15) is 13.2 Å². The molecule has 1 amide bonds. The molecule has 8 heteroatoms. The summed E-state index contributed by atoms with van der Waals surface area (Å²) in [7, 11) is 0. The van der Waals surface area contributed by atoms with E-state index in [-0.39, 0.29) is 30.7 Å². The summed E-state index contributed by atoms with van der Waals surface area (Å²) in [6, 6.07) is 5.66. The van der Waals surface area contributed by atoms with Gasteiger partial charge in [0.1, 0.15) is 11.9 Å². The molecule has 0 aromatic heterocycles. The molecule has 1 aromatic rings. The van der Waals surface area contributed by atoms with Gasteiger partial charge in [0.15, 0.2) is 5.60 Å². The highest BCUT2D eigenvalue weighted by atomic mass is 19.4. The van der Waals surface area contributed by atoms with Crippen LogP contribution >= 0.6 is 0 Å². The van der Waals surface area contributed by atoms with Crippen molar-refractivity contribution in [3.8, 4) is 5.75 Å². The van der Waals surface area contributed by atoms with Crippen LogP contribution in [0, 0.1) is 0 Å². The van der Waals surface area contributed by atoms with Crippen LogP contribution in [0.15, 0.2) is 24.3 Å². The second-order valence-electron chi connectivity index (χ2n) is 5.81. The fraction of sp³-hybridized carbons (Fsp3) is 0.533. The summed E-state index contributed by atoms with van der Waals surface area (Å²) >= 11 is 0. The minimum atomic E-state index is -4.48. The largest absolute Gasteiger partial charge is 0.490 e. The number of amides is 1. The van der Waals surface area contributed by atoms with Crippen molar-refractivity contribution in [3.05, 3.63) is 29.8 Å². The average Bonchev–Trinajstić information content (AvgIpc) is 2.33. The third-order valence-electron chi connectivity index (χ3n) is 4.29. The maximum Gasteiger partial charge on any atom is 0.421 e. The smallest absolute Gasteiger partial charge is 0.421 e. The number of halogens is 3. The molecule has 1 aliphatic carbocycles. The quantitative estimate of drug-likeness (QED) is 0.890. The van der Waals surface area contributed by atoms with Crippen LogP contribution in [0.25, 0.3) is 0 Å². The standard InChI is InChI=1S/C15H16F3NO4/c16-15(17,18)14(4-5-22-14)9-2-1-3-11(6-9)23-12-7-10(8-12)19-13(20)21/h1-3,6,10,12,19H,4-5,7-8H2,(H,20,21). The van der Waals surface area contributed by atoms with Crippen LogP contribution in [0.5, 0.6) is 5.75 Å². The molecule has 126 valence electrons. The van der Waals surface area contributed by atoms with Gasteiger partial charge in [-0.05, 0) is 17.7 Å². The molecule has 1 saturated carbocycles. The lowest BCUT2D eigenvalue weighted by Crippen LogP contribution is -2.52. The topological polar surface area (TPSA) is 67.8 Å². The van der Waals surface area contributed by atoms with Gasteiger partial charge in [-0.3, -0.25) is 0 Å². The molecule has 1 unspecified atom stereocenters. The van der Waals surface area contributed by atoms with Crippen molar-refractivity contribution < 1.29 is 32.5 Å². The summed E-state index contributed by atoms with van der Waals surface area (Å²) in [5.74, 6) is 0.334. The van der Waals surface area contributed by atoms with Crippen LogP contribution in [0.1, 0.15) is 24.8 Å². The highest BCUT2D eigenvalue weighted by Crippen LogP contribution is 2.50. The number of nitrogens with one attached hydrogen (secondary N) is 1. The SMILES string of the molecule is O=C(O)NC1CC(Oc2cccc(C3(C(F)(F)F)CCO3)c2)C1. The minimum absolute atomic E-state index is 0.0354. The number of rotatable bonds is 4. The van der Waals surface area contributed by atoms with Crippen LogP contribution in [0.3, 0.4) is 0 Å². The molecule has 2 fully saturated rings. The van der Waals surface area contributed by atoms with E-state index in [1.807, 2.05) is 0 Å². The van der Waals surface area contributed by atoms with E-state index in [2.05, 4.69) is 5.32 Å². The number of carboxylic acid groups (broad SMARTS) is 1. The van der Waals surface area contributed by atoms with Crippen molar-refractivity contribution >= 4 is 6.09 Å². The van der Waals surface area contributed by atoms with Gasteiger partial charge in [0.25, 0.3) is 0 Å². The first-order valence-corrected chi connectivity index (χ1v) is 7.27. The maximum absolute atomic E-state index is 13.3. The molecule has 5 nitrogen and oxygen atoms in total. The first-order chi connectivity index (χ1) is 10.8. The van der Waals surface area contributed by atoms with Gasteiger partial charge in [-0.1, -0.05) is 12.1 Å². The highest BCUT2D eigenvalue weighted by Gasteiger charge is 2.61. The summed E-state index contributed by atoms with van der Waals surface area (Å²) in [4.78, 5) is 10.5.